The molecule has 5 heteroatoms. The highest BCUT2D eigenvalue weighted by Crippen LogP contribution is 2.30. The fraction of sp³-hybridized carbons (Fsp3) is 0.263. The largest absolute Gasteiger partial charge is 0.376 e. The summed E-state index contributed by atoms with van der Waals surface area (Å²) in [6, 6.07) is 15.9. The minimum absolute atomic E-state index is 0.265. The number of hydrogen-bond donors (Lipinski definition) is 1. The summed E-state index contributed by atoms with van der Waals surface area (Å²) in [6.07, 6.45) is 2.50. The molecule has 0 spiro atoms. The lowest BCUT2D eigenvalue weighted by molar-refractivity contribution is 0.120. The summed E-state index contributed by atoms with van der Waals surface area (Å²) in [5.74, 6) is 0.804. The highest BCUT2D eigenvalue weighted by molar-refractivity contribution is 6.30. The van der Waals surface area contributed by atoms with Crippen LogP contribution < -0.4 is 5.32 Å². The van der Waals surface area contributed by atoms with E-state index < -0.39 is 0 Å². The van der Waals surface area contributed by atoms with E-state index >= 15 is 0 Å². The normalized spacial score (nSPS) is 17.3. The van der Waals surface area contributed by atoms with Gasteiger partial charge in [0.05, 0.1) is 6.10 Å². The minimum atomic E-state index is 0.265. The van der Waals surface area contributed by atoms with Crippen LogP contribution in [0, 0.1) is 0 Å². The van der Waals surface area contributed by atoms with Gasteiger partial charge in [-0.2, -0.15) is 0 Å². The molecule has 0 unspecified atom stereocenters. The van der Waals surface area contributed by atoms with Crippen molar-refractivity contribution in [1.82, 2.24) is 10.2 Å². The molecule has 1 aromatic heterocycles. The van der Waals surface area contributed by atoms with Gasteiger partial charge in [-0.1, -0.05) is 48.0 Å². The van der Waals surface area contributed by atoms with Crippen LogP contribution in [-0.2, 0) is 4.74 Å². The number of rotatable bonds is 4. The number of nitrogens with one attached hydrogen (secondary N) is 1. The molecule has 1 N–H and O–H groups in total. The molecule has 4 nitrogen and oxygen atoms in total. The first-order valence-electron chi connectivity index (χ1n) is 8.18. The van der Waals surface area contributed by atoms with Crippen molar-refractivity contribution >= 4 is 28.2 Å². The first-order chi connectivity index (χ1) is 11.8. The number of hydrogen-bond acceptors (Lipinski definition) is 4. The molecule has 1 aliphatic rings. The van der Waals surface area contributed by atoms with Crippen LogP contribution in [0.2, 0.25) is 5.02 Å². The summed E-state index contributed by atoms with van der Waals surface area (Å²) in [5, 5.41) is 15.1. The monoisotopic (exact) mass is 339 g/mol. The molecular formula is C19H18ClN3O. The third-order valence-electron chi connectivity index (χ3n) is 4.33. The number of aromatic nitrogens is 2. The minimum Gasteiger partial charge on any atom is -0.376 e. The topological polar surface area (TPSA) is 47.0 Å². The van der Waals surface area contributed by atoms with Gasteiger partial charge in [-0.25, -0.2) is 0 Å². The number of anilines is 1. The Kier molecular flexibility index (Phi) is 4.32. The van der Waals surface area contributed by atoms with Gasteiger partial charge in [-0.3, -0.25) is 0 Å². The molecule has 0 aliphatic carbocycles. The van der Waals surface area contributed by atoms with E-state index in [-0.39, 0.29) is 6.10 Å². The van der Waals surface area contributed by atoms with E-state index in [1.165, 1.54) is 0 Å². The van der Waals surface area contributed by atoms with Gasteiger partial charge in [0.25, 0.3) is 0 Å². The zero-order valence-corrected chi connectivity index (χ0v) is 14.0. The van der Waals surface area contributed by atoms with E-state index in [9.17, 15) is 0 Å². The van der Waals surface area contributed by atoms with Gasteiger partial charge < -0.3 is 10.1 Å². The summed E-state index contributed by atoms with van der Waals surface area (Å²) in [4.78, 5) is 0. The van der Waals surface area contributed by atoms with Crippen molar-refractivity contribution in [3.05, 3.63) is 53.6 Å². The third-order valence-corrected chi connectivity index (χ3v) is 4.58. The quantitative estimate of drug-likeness (QED) is 0.758. The average Bonchev–Trinajstić information content (AvgIpc) is 3.14. The Hall–Kier alpha value is -2.17. The van der Waals surface area contributed by atoms with Crippen LogP contribution in [0.25, 0.3) is 22.0 Å². The molecule has 122 valence electrons. The van der Waals surface area contributed by atoms with Gasteiger partial charge in [0.15, 0.2) is 5.82 Å². The molecule has 2 aromatic carbocycles. The molecule has 0 amide bonds. The van der Waals surface area contributed by atoms with E-state index in [1.807, 2.05) is 36.4 Å². The van der Waals surface area contributed by atoms with Gasteiger partial charge in [0, 0.05) is 34.5 Å². The molecule has 1 saturated heterocycles. The Morgan fingerprint density at radius 1 is 1.04 bits per heavy atom. The lowest BCUT2D eigenvalue weighted by Crippen LogP contribution is -2.19. The molecule has 3 aromatic rings. The van der Waals surface area contributed by atoms with E-state index in [4.69, 9.17) is 16.3 Å². The van der Waals surface area contributed by atoms with Gasteiger partial charge in [-0.05, 0) is 25.0 Å². The molecule has 1 fully saturated rings. The summed E-state index contributed by atoms with van der Waals surface area (Å²) in [7, 11) is 0. The molecule has 0 radical (unpaired) electrons. The zero-order valence-electron chi connectivity index (χ0n) is 13.2. The molecule has 1 atom stereocenters. The second kappa shape index (κ2) is 6.75. The molecule has 1 aliphatic heterocycles. The highest BCUT2D eigenvalue weighted by atomic mass is 35.5. The van der Waals surface area contributed by atoms with Crippen molar-refractivity contribution in [2.45, 2.75) is 18.9 Å². The molecule has 2 heterocycles. The van der Waals surface area contributed by atoms with Crippen LogP contribution >= 0.6 is 11.6 Å². The van der Waals surface area contributed by atoms with Gasteiger partial charge in [0.1, 0.15) is 5.69 Å². The van der Waals surface area contributed by atoms with Crippen LogP contribution in [0.4, 0.5) is 5.82 Å². The predicted octanol–water partition coefficient (Wildman–Crippen LogP) is 4.54. The van der Waals surface area contributed by atoms with Crippen LogP contribution in [0.15, 0.2) is 48.5 Å². The van der Waals surface area contributed by atoms with Gasteiger partial charge >= 0.3 is 0 Å². The first kappa shape index (κ1) is 15.4. The average molecular weight is 340 g/mol. The number of ether oxygens (including phenoxy) is 1. The van der Waals surface area contributed by atoms with E-state index in [1.54, 1.807) is 0 Å². The summed E-state index contributed by atoms with van der Waals surface area (Å²) >= 11 is 5.99. The molecule has 24 heavy (non-hydrogen) atoms. The SMILES string of the molecule is Clc1ccc(-c2nnc(NC[C@@H]3CCCO3)c3ccccc23)cc1. The second-order valence-corrected chi connectivity index (χ2v) is 6.40. The highest BCUT2D eigenvalue weighted by Gasteiger charge is 2.16. The number of benzene rings is 2. The van der Waals surface area contributed by atoms with Crippen LogP contribution in [-0.4, -0.2) is 29.5 Å². The maximum atomic E-state index is 5.99. The Morgan fingerprint density at radius 2 is 1.83 bits per heavy atom. The Labute approximate surface area is 145 Å². The van der Waals surface area contributed by atoms with Crippen LogP contribution in [0.3, 0.4) is 0 Å². The van der Waals surface area contributed by atoms with Gasteiger partial charge in [-0.15, -0.1) is 10.2 Å². The van der Waals surface area contributed by atoms with Crippen molar-refractivity contribution in [3.8, 4) is 11.3 Å². The van der Waals surface area contributed by atoms with Crippen LogP contribution in [0.5, 0.6) is 0 Å². The Bertz CT molecular complexity index is 845. The fourth-order valence-corrected chi connectivity index (χ4v) is 3.20. The standard InChI is InChI=1S/C19H18ClN3O/c20-14-9-7-13(8-10-14)18-16-5-1-2-6-17(16)19(23-22-18)21-12-15-4-3-11-24-15/h1-2,5-10,15H,3-4,11-12H2,(H,21,23)/t15-/m0/s1. The Morgan fingerprint density at radius 3 is 2.58 bits per heavy atom. The van der Waals surface area contributed by atoms with Crippen molar-refractivity contribution in [2.75, 3.05) is 18.5 Å². The van der Waals surface area contributed by atoms with Gasteiger partial charge in [0.2, 0.25) is 0 Å². The van der Waals surface area contributed by atoms with Crippen molar-refractivity contribution in [3.63, 3.8) is 0 Å². The third kappa shape index (κ3) is 3.07. The predicted molar refractivity (Wildman–Crippen MR) is 97.4 cm³/mol. The van der Waals surface area contributed by atoms with Crippen molar-refractivity contribution in [2.24, 2.45) is 0 Å². The molecule has 0 bridgehead atoms. The summed E-state index contributed by atoms with van der Waals surface area (Å²) in [5.41, 5.74) is 1.87. The van der Waals surface area contributed by atoms with E-state index in [0.717, 1.165) is 53.8 Å². The first-order valence-corrected chi connectivity index (χ1v) is 8.56. The maximum Gasteiger partial charge on any atom is 0.156 e. The summed E-state index contributed by atoms with van der Waals surface area (Å²) in [6.45, 7) is 1.62. The molecular weight excluding hydrogens is 322 g/mol. The second-order valence-electron chi connectivity index (χ2n) is 5.97. The zero-order chi connectivity index (χ0) is 16.4. The summed E-state index contributed by atoms with van der Waals surface area (Å²) < 4.78 is 5.67. The molecule has 0 saturated carbocycles. The Balaban J connectivity index is 1.70. The number of halogens is 1. The lowest BCUT2D eigenvalue weighted by atomic mass is 10.0. The number of nitrogens with zero attached hydrogens (tertiary/aromatic N) is 2. The van der Waals surface area contributed by atoms with E-state index in [0.29, 0.717) is 5.02 Å². The van der Waals surface area contributed by atoms with Crippen LogP contribution in [0.1, 0.15) is 12.8 Å². The lowest BCUT2D eigenvalue weighted by Gasteiger charge is -2.14. The van der Waals surface area contributed by atoms with Crippen molar-refractivity contribution in [1.29, 1.82) is 0 Å². The molecule has 4 rings (SSSR count). The smallest absolute Gasteiger partial charge is 0.156 e. The fourth-order valence-electron chi connectivity index (χ4n) is 3.07. The maximum absolute atomic E-state index is 5.99. The van der Waals surface area contributed by atoms with Crippen molar-refractivity contribution < 1.29 is 4.74 Å². The number of fused-ring (bicyclic) bond motifs is 1. The van der Waals surface area contributed by atoms with E-state index in [2.05, 4.69) is 27.6 Å².